The van der Waals surface area contributed by atoms with Crippen LogP contribution < -0.4 is 15.4 Å². The summed E-state index contributed by atoms with van der Waals surface area (Å²) in [6.07, 6.45) is 0.700. The van der Waals surface area contributed by atoms with Crippen LogP contribution in [0.3, 0.4) is 0 Å². The first kappa shape index (κ1) is 19.2. The molecule has 0 bridgehead atoms. The topological polar surface area (TPSA) is 67.4 Å². The summed E-state index contributed by atoms with van der Waals surface area (Å²) >= 11 is 0. The Hall–Kier alpha value is -3.60. The number of hydrogen-bond donors (Lipinski definition) is 2. The van der Waals surface area contributed by atoms with E-state index in [0.29, 0.717) is 23.4 Å². The van der Waals surface area contributed by atoms with Gasteiger partial charge in [-0.05, 0) is 42.0 Å². The molecule has 0 aliphatic rings. The quantitative estimate of drug-likeness (QED) is 0.668. The van der Waals surface area contributed by atoms with Crippen molar-refractivity contribution in [2.75, 3.05) is 17.7 Å². The Balaban J connectivity index is 1.79. The Morgan fingerprint density at radius 3 is 2.32 bits per heavy atom. The first-order valence-electron chi connectivity index (χ1n) is 8.95. The average molecular weight is 374 g/mol. The number of rotatable bonds is 6. The van der Waals surface area contributed by atoms with E-state index in [-0.39, 0.29) is 11.8 Å². The number of methoxy groups -OCH3 is 1. The summed E-state index contributed by atoms with van der Waals surface area (Å²) in [5.74, 6) is 0.343. The normalized spacial score (nSPS) is 10.2. The number of carbonyl (C=O) groups excluding carboxylic acids is 2. The second kappa shape index (κ2) is 8.86. The minimum atomic E-state index is -0.247. The van der Waals surface area contributed by atoms with Crippen molar-refractivity contribution in [1.82, 2.24) is 0 Å². The molecule has 2 N–H and O–H groups in total. The average Bonchev–Trinajstić information content (AvgIpc) is 2.69. The molecular formula is C23H22N2O3. The highest BCUT2D eigenvalue weighted by Gasteiger charge is 2.10. The highest BCUT2D eigenvalue weighted by atomic mass is 16.5. The van der Waals surface area contributed by atoms with Crippen LogP contribution >= 0.6 is 0 Å². The predicted molar refractivity (Wildman–Crippen MR) is 111 cm³/mol. The van der Waals surface area contributed by atoms with Crippen molar-refractivity contribution >= 4 is 23.2 Å². The van der Waals surface area contributed by atoms with Crippen molar-refractivity contribution in [2.24, 2.45) is 0 Å². The summed E-state index contributed by atoms with van der Waals surface area (Å²) in [6.45, 7) is 1.43. The Morgan fingerprint density at radius 1 is 0.857 bits per heavy atom. The fraction of sp³-hybridized carbons (Fsp3) is 0.130. The number of amides is 2. The van der Waals surface area contributed by atoms with E-state index in [0.717, 1.165) is 16.9 Å². The van der Waals surface area contributed by atoms with Gasteiger partial charge in [-0.3, -0.25) is 9.59 Å². The fourth-order valence-corrected chi connectivity index (χ4v) is 2.95. The zero-order chi connectivity index (χ0) is 19.9. The van der Waals surface area contributed by atoms with E-state index in [1.54, 1.807) is 31.4 Å². The molecule has 0 aliphatic carbocycles. The van der Waals surface area contributed by atoms with Gasteiger partial charge < -0.3 is 15.4 Å². The van der Waals surface area contributed by atoms with E-state index in [1.165, 1.54) is 6.92 Å². The second-order valence-corrected chi connectivity index (χ2v) is 6.41. The molecule has 0 heterocycles. The molecule has 0 spiro atoms. The zero-order valence-corrected chi connectivity index (χ0v) is 15.9. The highest BCUT2D eigenvalue weighted by Crippen LogP contribution is 2.26. The number of hydrogen-bond acceptors (Lipinski definition) is 3. The van der Waals surface area contributed by atoms with Gasteiger partial charge >= 0.3 is 0 Å². The lowest BCUT2D eigenvalue weighted by Crippen LogP contribution is -2.13. The lowest BCUT2D eigenvalue weighted by atomic mass is 10.0. The van der Waals surface area contributed by atoms with Gasteiger partial charge in [0.1, 0.15) is 5.75 Å². The summed E-state index contributed by atoms with van der Waals surface area (Å²) in [4.78, 5) is 23.8. The Kier molecular flexibility index (Phi) is 6.07. The van der Waals surface area contributed by atoms with Crippen molar-refractivity contribution in [2.45, 2.75) is 13.3 Å². The molecule has 0 aromatic heterocycles. The van der Waals surface area contributed by atoms with Crippen LogP contribution in [-0.2, 0) is 11.2 Å². The van der Waals surface area contributed by atoms with Gasteiger partial charge in [0.05, 0.1) is 7.11 Å². The third-order valence-electron chi connectivity index (χ3n) is 4.22. The van der Waals surface area contributed by atoms with Gasteiger partial charge in [-0.25, -0.2) is 0 Å². The Bertz CT molecular complexity index is 984. The summed E-state index contributed by atoms with van der Waals surface area (Å²) in [7, 11) is 1.63. The molecule has 3 rings (SSSR count). The largest absolute Gasteiger partial charge is 0.496 e. The summed E-state index contributed by atoms with van der Waals surface area (Å²) in [5.41, 5.74) is 3.87. The third kappa shape index (κ3) is 4.98. The molecule has 28 heavy (non-hydrogen) atoms. The van der Waals surface area contributed by atoms with Crippen molar-refractivity contribution in [3.05, 3.63) is 89.5 Å². The van der Waals surface area contributed by atoms with Crippen LogP contribution in [0.15, 0.2) is 72.8 Å². The van der Waals surface area contributed by atoms with E-state index in [1.807, 2.05) is 36.4 Å². The lowest BCUT2D eigenvalue weighted by Gasteiger charge is -2.12. The van der Waals surface area contributed by atoms with Crippen molar-refractivity contribution < 1.29 is 14.3 Å². The molecule has 142 valence electrons. The minimum Gasteiger partial charge on any atom is -0.496 e. The Morgan fingerprint density at radius 2 is 1.61 bits per heavy atom. The van der Waals surface area contributed by atoms with Gasteiger partial charge in [0, 0.05) is 35.8 Å². The summed E-state index contributed by atoms with van der Waals surface area (Å²) < 4.78 is 5.46. The van der Waals surface area contributed by atoms with E-state index in [2.05, 4.69) is 22.8 Å². The molecule has 0 aliphatic heterocycles. The summed E-state index contributed by atoms with van der Waals surface area (Å²) in [5, 5.41) is 5.59. The number of anilines is 2. The van der Waals surface area contributed by atoms with Crippen LogP contribution in [0.5, 0.6) is 5.75 Å². The number of carbonyl (C=O) groups is 2. The molecule has 5 nitrogen and oxygen atoms in total. The van der Waals surface area contributed by atoms with Gasteiger partial charge in [0.25, 0.3) is 5.91 Å². The van der Waals surface area contributed by atoms with Gasteiger partial charge in [0.15, 0.2) is 0 Å². The highest BCUT2D eigenvalue weighted by molar-refractivity contribution is 6.05. The van der Waals surface area contributed by atoms with E-state index < -0.39 is 0 Å². The molecule has 0 unspecified atom stereocenters. The maximum Gasteiger partial charge on any atom is 0.255 e. The maximum atomic E-state index is 12.6. The molecule has 0 atom stereocenters. The fourth-order valence-electron chi connectivity index (χ4n) is 2.95. The maximum absolute atomic E-state index is 12.6. The van der Waals surface area contributed by atoms with Crippen LogP contribution in [0.2, 0.25) is 0 Å². The molecule has 0 saturated carbocycles. The van der Waals surface area contributed by atoms with Crippen LogP contribution in [-0.4, -0.2) is 18.9 Å². The predicted octanol–water partition coefficient (Wildman–Crippen LogP) is 4.50. The van der Waals surface area contributed by atoms with Crippen LogP contribution in [0.25, 0.3) is 0 Å². The van der Waals surface area contributed by atoms with E-state index >= 15 is 0 Å². The first-order chi connectivity index (χ1) is 13.5. The smallest absolute Gasteiger partial charge is 0.255 e. The monoisotopic (exact) mass is 374 g/mol. The lowest BCUT2D eigenvalue weighted by molar-refractivity contribution is -0.114. The number of benzene rings is 3. The van der Waals surface area contributed by atoms with Crippen molar-refractivity contribution in [3.63, 3.8) is 0 Å². The Labute approximate surface area is 164 Å². The number of ether oxygens (including phenoxy) is 1. The molecular weight excluding hydrogens is 352 g/mol. The zero-order valence-electron chi connectivity index (χ0n) is 15.9. The molecule has 0 saturated heterocycles. The van der Waals surface area contributed by atoms with E-state index in [4.69, 9.17) is 4.74 Å². The van der Waals surface area contributed by atoms with Crippen LogP contribution in [0, 0.1) is 0 Å². The van der Waals surface area contributed by atoms with Crippen molar-refractivity contribution in [3.8, 4) is 5.75 Å². The summed E-state index contributed by atoms with van der Waals surface area (Å²) in [6, 6.07) is 22.5. The standard InChI is InChI=1S/C23H22N2O3/c1-16(26)24-20-10-6-9-18(14-20)23(27)25-21-11-12-22(28-2)19(15-21)13-17-7-4-3-5-8-17/h3-12,14-15H,13H2,1-2H3,(H,24,26)(H,25,27). The number of nitrogens with one attached hydrogen (secondary N) is 2. The molecule has 0 radical (unpaired) electrons. The SMILES string of the molecule is COc1ccc(NC(=O)c2cccc(NC(C)=O)c2)cc1Cc1ccccc1. The van der Waals surface area contributed by atoms with Gasteiger partial charge in [-0.1, -0.05) is 36.4 Å². The molecule has 5 heteroatoms. The van der Waals surface area contributed by atoms with Crippen LogP contribution in [0.4, 0.5) is 11.4 Å². The molecule has 0 fully saturated rings. The molecule has 3 aromatic rings. The minimum absolute atomic E-state index is 0.182. The first-order valence-corrected chi connectivity index (χ1v) is 8.95. The van der Waals surface area contributed by atoms with Gasteiger partial charge in [-0.15, -0.1) is 0 Å². The third-order valence-corrected chi connectivity index (χ3v) is 4.22. The van der Waals surface area contributed by atoms with Gasteiger partial charge in [0.2, 0.25) is 5.91 Å². The second-order valence-electron chi connectivity index (χ2n) is 6.41. The molecule has 2 amide bonds. The molecule has 3 aromatic carbocycles. The van der Waals surface area contributed by atoms with Gasteiger partial charge in [-0.2, -0.15) is 0 Å². The van der Waals surface area contributed by atoms with E-state index in [9.17, 15) is 9.59 Å². The van der Waals surface area contributed by atoms with Crippen LogP contribution in [0.1, 0.15) is 28.4 Å². The van der Waals surface area contributed by atoms with Crippen molar-refractivity contribution in [1.29, 1.82) is 0 Å².